The van der Waals surface area contributed by atoms with Gasteiger partial charge in [0.25, 0.3) is 0 Å². The largest absolute Gasteiger partial charge is 0.396 e. The third-order valence-corrected chi connectivity index (χ3v) is 1.09. The van der Waals surface area contributed by atoms with Crippen molar-refractivity contribution in [2.24, 2.45) is 5.73 Å². The van der Waals surface area contributed by atoms with Crippen LogP contribution in [0.2, 0.25) is 0 Å². The molecule has 0 spiro atoms. The molecule has 4 nitrogen and oxygen atoms in total. The Balaban J connectivity index is 2.96. The summed E-state index contributed by atoms with van der Waals surface area (Å²) in [5, 5.41) is 10.9. The van der Waals surface area contributed by atoms with Crippen molar-refractivity contribution in [2.45, 2.75) is 12.8 Å². The van der Waals surface area contributed by atoms with Crippen molar-refractivity contribution in [1.82, 2.24) is 5.32 Å². The van der Waals surface area contributed by atoms with E-state index < -0.39 is 0 Å². The van der Waals surface area contributed by atoms with Crippen LogP contribution >= 0.6 is 0 Å². The zero-order valence-corrected chi connectivity index (χ0v) is 5.97. The molecule has 0 aromatic carbocycles. The summed E-state index contributed by atoms with van der Waals surface area (Å²) >= 11 is 0. The van der Waals surface area contributed by atoms with E-state index in [9.17, 15) is 4.79 Å². The van der Waals surface area contributed by atoms with Crippen molar-refractivity contribution in [3.05, 3.63) is 0 Å². The minimum absolute atomic E-state index is 0.0408. The van der Waals surface area contributed by atoms with Crippen LogP contribution in [0.5, 0.6) is 0 Å². The molecule has 0 atom stereocenters. The van der Waals surface area contributed by atoms with Gasteiger partial charge in [-0.1, -0.05) is 0 Å². The lowest BCUT2D eigenvalue weighted by Crippen LogP contribution is -2.30. The van der Waals surface area contributed by atoms with E-state index in [1.54, 1.807) is 0 Å². The van der Waals surface area contributed by atoms with Crippen LogP contribution in [0.15, 0.2) is 0 Å². The molecule has 1 amide bonds. The number of carbonyl (C=O) groups excluding carboxylic acids is 1. The highest BCUT2D eigenvalue weighted by molar-refractivity contribution is 5.77. The van der Waals surface area contributed by atoms with Crippen LogP contribution in [-0.4, -0.2) is 30.7 Å². The number of aliphatic hydroxyl groups excluding tert-OH is 1. The van der Waals surface area contributed by atoms with E-state index in [1.807, 2.05) is 0 Å². The highest BCUT2D eigenvalue weighted by Gasteiger charge is 1.93. The Morgan fingerprint density at radius 1 is 1.50 bits per heavy atom. The predicted octanol–water partition coefficient (Wildman–Crippen LogP) is -1.17. The fourth-order valence-electron chi connectivity index (χ4n) is 0.537. The number of nitrogens with two attached hydrogens (primary N) is 1. The average molecular weight is 146 g/mol. The molecule has 0 fully saturated rings. The lowest BCUT2D eigenvalue weighted by atomic mass is 10.3. The third-order valence-electron chi connectivity index (χ3n) is 1.09. The number of nitrogens with one attached hydrogen (secondary N) is 1. The first-order chi connectivity index (χ1) is 4.81. The van der Waals surface area contributed by atoms with Crippen LogP contribution in [-0.2, 0) is 4.79 Å². The molecule has 0 radical (unpaired) electrons. The first kappa shape index (κ1) is 9.39. The minimum atomic E-state index is -0.141. The SMILES string of the molecule is NCC(=O)NCCCCO. The van der Waals surface area contributed by atoms with Gasteiger partial charge in [-0.15, -0.1) is 0 Å². The van der Waals surface area contributed by atoms with E-state index in [0.29, 0.717) is 6.54 Å². The summed E-state index contributed by atoms with van der Waals surface area (Å²) in [6.07, 6.45) is 1.53. The van der Waals surface area contributed by atoms with E-state index in [1.165, 1.54) is 0 Å². The second-order valence-corrected chi connectivity index (χ2v) is 1.98. The van der Waals surface area contributed by atoms with Gasteiger partial charge in [-0.05, 0) is 12.8 Å². The molecule has 10 heavy (non-hydrogen) atoms. The molecule has 0 saturated heterocycles. The van der Waals surface area contributed by atoms with Crippen molar-refractivity contribution >= 4 is 5.91 Å². The van der Waals surface area contributed by atoms with E-state index in [-0.39, 0.29) is 19.1 Å². The van der Waals surface area contributed by atoms with Gasteiger partial charge in [-0.2, -0.15) is 0 Å². The number of hydrogen-bond acceptors (Lipinski definition) is 3. The standard InChI is InChI=1S/C6H14N2O2/c7-5-6(10)8-3-1-2-4-9/h9H,1-5,7H2,(H,8,10). The van der Waals surface area contributed by atoms with Crippen molar-refractivity contribution in [3.8, 4) is 0 Å². The highest BCUT2D eigenvalue weighted by atomic mass is 16.2. The maximum absolute atomic E-state index is 10.5. The topological polar surface area (TPSA) is 75.4 Å². The second-order valence-electron chi connectivity index (χ2n) is 1.98. The van der Waals surface area contributed by atoms with Gasteiger partial charge in [-0.25, -0.2) is 0 Å². The molecule has 0 saturated carbocycles. The zero-order valence-electron chi connectivity index (χ0n) is 5.97. The molecular formula is C6H14N2O2. The number of unbranched alkanes of at least 4 members (excludes halogenated alkanes) is 1. The molecule has 0 aliphatic rings. The Labute approximate surface area is 60.4 Å². The lowest BCUT2D eigenvalue weighted by molar-refractivity contribution is -0.119. The summed E-state index contributed by atoms with van der Waals surface area (Å²) in [6, 6.07) is 0. The quantitative estimate of drug-likeness (QED) is 0.428. The number of hydrogen-bond donors (Lipinski definition) is 3. The van der Waals surface area contributed by atoms with Crippen molar-refractivity contribution in [2.75, 3.05) is 19.7 Å². The zero-order chi connectivity index (χ0) is 7.82. The lowest BCUT2D eigenvalue weighted by Gasteiger charge is -2.00. The third kappa shape index (κ3) is 5.53. The Bertz CT molecular complexity index is 95.7. The molecule has 0 aromatic rings. The molecular weight excluding hydrogens is 132 g/mol. The summed E-state index contributed by atoms with van der Waals surface area (Å²) in [4.78, 5) is 10.5. The number of rotatable bonds is 5. The van der Waals surface area contributed by atoms with Gasteiger partial charge in [0.1, 0.15) is 0 Å². The molecule has 0 heterocycles. The van der Waals surface area contributed by atoms with Crippen LogP contribution in [0.3, 0.4) is 0 Å². The van der Waals surface area contributed by atoms with E-state index >= 15 is 0 Å². The predicted molar refractivity (Wildman–Crippen MR) is 38.4 cm³/mol. The van der Waals surface area contributed by atoms with Gasteiger partial charge in [0.05, 0.1) is 6.54 Å². The van der Waals surface area contributed by atoms with Gasteiger partial charge in [0.2, 0.25) is 5.91 Å². The number of aliphatic hydroxyl groups is 1. The Hall–Kier alpha value is -0.610. The van der Waals surface area contributed by atoms with Crippen molar-refractivity contribution in [1.29, 1.82) is 0 Å². The fourth-order valence-corrected chi connectivity index (χ4v) is 0.537. The normalized spacial score (nSPS) is 9.40. The van der Waals surface area contributed by atoms with Crippen LogP contribution in [0.1, 0.15) is 12.8 Å². The van der Waals surface area contributed by atoms with E-state index in [0.717, 1.165) is 12.8 Å². The van der Waals surface area contributed by atoms with Gasteiger partial charge >= 0.3 is 0 Å². The molecule has 0 bridgehead atoms. The van der Waals surface area contributed by atoms with Crippen LogP contribution in [0, 0.1) is 0 Å². The molecule has 60 valence electrons. The first-order valence-corrected chi connectivity index (χ1v) is 3.39. The minimum Gasteiger partial charge on any atom is -0.396 e. The summed E-state index contributed by atoms with van der Waals surface area (Å²) in [7, 11) is 0. The fraction of sp³-hybridized carbons (Fsp3) is 0.833. The average Bonchev–Trinajstić information content (AvgIpc) is 1.98. The van der Waals surface area contributed by atoms with Gasteiger partial charge in [-0.3, -0.25) is 4.79 Å². The molecule has 4 heteroatoms. The first-order valence-electron chi connectivity index (χ1n) is 3.39. The number of amides is 1. The van der Waals surface area contributed by atoms with Crippen LogP contribution < -0.4 is 11.1 Å². The Morgan fingerprint density at radius 2 is 2.20 bits per heavy atom. The van der Waals surface area contributed by atoms with Crippen LogP contribution in [0.4, 0.5) is 0 Å². The van der Waals surface area contributed by atoms with Gasteiger partial charge in [0.15, 0.2) is 0 Å². The summed E-state index contributed by atoms with van der Waals surface area (Å²) in [5.41, 5.74) is 5.03. The van der Waals surface area contributed by atoms with E-state index in [2.05, 4.69) is 5.32 Å². The molecule has 0 rings (SSSR count). The van der Waals surface area contributed by atoms with Crippen molar-refractivity contribution < 1.29 is 9.90 Å². The summed E-state index contributed by atoms with van der Waals surface area (Å²) in [5.74, 6) is -0.141. The Morgan fingerprint density at radius 3 is 2.70 bits per heavy atom. The van der Waals surface area contributed by atoms with Gasteiger partial charge < -0.3 is 16.2 Å². The molecule has 0 aromatic heterocycles. The number of carbonyl (C=O) groups is 1. The smallest absolute Gasteiger partial charge is 0.233 e. The molecule has 0 aliphatic carbocycles. The second kappa shape index (κ2) is 6.51. The monoisotopic (exact) mass is 146 g/mol. The molecule has 0 unspecified atom stereocenters. The summed E-state index contributed by atoms with van der Waals surface area (Å²) < 4.78 is 0. The van der Waals surface area contributed by atoms with Crippen LogP contribution in [0.25, 0.3) is 0 Å². The molecule has 4 N–H and O–H groups in total. The summed E-state index contributed by atoms with van der Waals surface area (Å²) in [6.45, 7) is 0.828. The highest BCUT2D eigenvalue weighted by Crippen LogP contribution is 1.82. The van der Waals surface area contributed by atoms with Crippen molar-refractivity contribution in [3.63, 3.8) is 0 Å². The molecule has 0 aliphatic heterocycles. The maximum atomic E-state index is 10.5. The maximum Gasteiger partial charge on any atom is 0.233 e. The van der Waals surface area contributed by atoms with Gasteiger partial charge in [0, 0.05) is 13.2 Å². The Kier molecular flexibility index (Phi) is 6.11. The van der Waals surface area contributed by atoms with E-state index in [4.69, 9.17) is 10.8 Å².